The number of rotatable bonds is 4. The third kappa shape index (κ3) is 3.76. The van der Waals surface area contributed by atoms with E-state index in [4.69, 9.17) is 0 Å². The van der Waals surface area contributed by atoms with Crippen LogP contribution in [-0.2, 0) is 33.4 Å². The zero-order valence-corrected chi connectivity index (χ0v) is 12.7. The van der Waals surface area contributed by atoms with Crippen LogP contribution in [0.4, 0.5) is 13.2 Å². The molecule has 0 aliphatic heterocycles. The molecule has 0 aromatic carbocycles. The largest absolute Gasteiger partial charge is 0.433 e. The average Bonchev–Trinajstić information content (AvgIpc) is 2.86. The van der Waals surface area contributed by atoms with Crippen molar-refractivity contribution in [3.63, 3.8) is 0 Å². The monoisotopic (exact) mass is 323 g/mol. The number of halogens is 4. The fourth-order valence-electron chi connectivity index (χ4n) is 2.03. The van der Waals surface area contributed by atoms with Crippen molar-refractivity contribution in [2.75, 3.05) is 0 Å². The molecule has 118 valence electrons. The number of nitrogens with one attached hydrogen (secondary N) is 1. The van der Waals surface area contributed by atoms with Gasteiger partial charge in [-0.05, 0) is 6.92 Å². The Morgan fingerprint density at radius 2 is 1.57 bits per heavy atom. The molecule has 0 radical (unpaired) electrons. The normalized spacial score (nSPS) is 11.5. The zero-order valence-electron chi connectivity index (χ0n) is 11.9. The van der Waals surface area contributed by atoms with E-state index in [0.29, 0.717) is 6.54 Å². The van der Waals surface area contributed by atoms with Gasteiger partial charge in [-0.15, -0.1) is 12.4 Å². The summed E-state index contributed by atoms with van der Waals surface area (Å²) in [4.78, 5) is 0. The lowest BCUT2D eigenvalue weighted by Crippen LogP contribution is -2.19. The Morgan fingerprint density at radius 1 is 1.05 bits per heavy atom. The highest BCUT2D eigenvalue weighted by molar-refractivity contribution is 5.85. The molecule has 0 spiro atoms. The van der Waals surface area contributed by atoms with E-state index in [1.54, 1.807) is 10.9 Å². The third-order valence-electron chi connectivity index (χ3n) is 3.25. The van der Waals surface area contributed by atoms with Gasteiger partial charge in [0, 0.05) is 44.0 Å². The molecule has 2 aromatic heterocycles. The standard InChI is InChI=1S/C12H16F3N5.ClH/c1-8-9(6-17-19(8)2)4-16-5-10-7-18-20(3)11(10)12(13,14)15;/h6-7,16H,4-5H2,1-3H3;1H. The number of aromatic nitrogens is 4. The van der Waals surface area contributed by atoms with Crippen LogP contribution >= 0.6 is 12.4 Å². The number of nitrogens with zero attached hydrogens (tertiary/aromatic N) is 4. The van der Waals surface area contributed by atoms with Gasteiger partial charge >= 0.3 is 6.18 Å². The zero-order chi connectivity index (χ0) is 14.9. The summed E-state index contributed by atoms with van der Waals surface area (Å²) < 4.78 is 41.2. The first kappa shape index (κ1) is 17.5. The maximum absolute atomic E-state index is 12.9. The summed E-state index contributed by atoms with van der Waals surface area (Å²) in [6.07, 6.45) is -1.45. The molecule has 0 fully saturated rings. The minimum absolute atomic E-state index is 0. The lowest BCUT2D eigenvalue weighted by molar-refractivity contribution is -0.144. The second-order valence-corrected chi connectivity index (χ2v) is 4.62. The molecule has 5 nitrogen and oxygen atoms in total. The lowest BCUT2D eigenvalue weighted by atomic mass is 10.2. The summed E-state index contributed by atoms with van der Waals surface area (Å²) in [5, 5.41) is 10.7. The SMILES string of the molecule is Cc1c(CNCc2cnn(C)c2C(F)(F)F)cnn1C.Cl. The molecule has 0 saturated heterocycles. The van der Waals surface area contributed by atoms with Crippen molar-refractivity contribution >= 4 is 12.4 Å². The molecule has 0 aliphatic rings. The maximum atomic E-state index is 12.9. The topological polar surface area (TPSA) is 47.7 Å². The van der Waals surface area contributed by atoms with Crippen LogP contribution in [0.2, 0.25) is 0 Å². The van der Waals surface area contributed by atoms with Gasteiger partial charge < -0.3 is 5.32 Å². The highest BCUT2D eigenvalue weighted by Gasteiger charge is 2.37. The van der Waals surface area contributed by atoms with Gasteiger partial charge in [0.2, 0.25) is 0 Å². The summed E-state index contributed by atoms with van der Waals surface area (Å²) in [5.74, 6) is 0. The van der Waals surface area contributed by atoms with Crippen molar-refractivity contribution in [3.05, 3.63) is 34.9 Å². The van der Waals surface area contributed by atoms with Crippen molar-refractivity contribution in [1.29, 1.82) is 0 Å². The molecule has 2 rings (SSSR count). The lowest BCUT2D eigenvalue weighted by Gasteiger charge is -2.10. The van der Waals surface area contributed by atoms with Crippen LogP contribution in [0.3, 0.4) is 0 Å². The molecule has 1 N–H and O–H groups in total. The Bertz CT molecular complexity index is 603. The number of alkyl halides is 3. The van der Waals surface area contributed by atoms with Crippen LogP contribution in [0.1, 0.15) is 22.5 Å². The maximum Gasteiger partial charge on any atom is 0.433 e. The average molecular weight is 324 g/mol. The molecule has 0 atom stereocenters. The molecule has 0 unspecified atom stereocenters. The van der Waals surface area contributed by atoms with E-state index in [1.165, 1.54) is 13.2 Å². The fraction of sp³-hybridized carbons (Fsp3) is 0.500. The van der Waals surface area contributed by atoms with Gasteiger partial charge in [-0.1, -0.05) is 0 Å². The second kappa shape index (κ2) is 6.48. The Labute approximate surface area is 126 Å². The predicted molar refractivity (Wildman–Crippen MR) is 73.9 cm³/mol. The van der Waals surface area contributed by atoms with E-state index in [-0.39, 0.29) is 24.5 Å². The van der Waals surface area contributed by atoms with E-state index < -0.39 is 11.9 Å². The molecule has 2 heterocycles. The van der Waals surface area contributed by atoms with E-state index in [0.717, 1.165) is 15.9 Å². The smallest absolute Gasteiger partial charge is 0.308 e. The van der Waals surface area contributed by atoms with E-state index in [2.05, 4.69) is 15.5 Å². The summed E-state index contributed by atoms with van der Waals surface area (Å²) >= 11 is 0. The molecule has 21 heavy (non-hydrogen) atoms. The van der Waals surface area contributed by atoms with E-state index >= 15 is 0 Å². The van der Waals surface area contributed by atoms with Crippen LogP contribution in [0, 0.1) is 6.92 Å². The highest BCUT2D eigenvalue weighted by Crippen LogP contribution is 2.31. The van der Waals surface area contributed by atoms with Gasteiger partial charge in [0.05, 0.1) is 12.4 Å². The van der Waals surface area contributed by atoms with Crippen LogP contribution in [0.25, 0.3) is 0 Å². The van der Waals surface area contributed by atoms with Crippen molar-refractivity contribution in [2.45, 2.75) is 26.2 Å². The summed E-state index contributed by atoms with van der Waals surface area (Å²) in [6, 6.07) is 0. The third-order valence-corrected chi connectivity index (χ3v) is 3.25. The van der Waals surface area contributed by atoms with Crippen molar-refractivity contribution in [1.82, 2.24) is 24.9 Å². The Morgan fingerprint density at radius 3 is 2.10 bits per heavy atom. The van der Waals surface area contributed by atoms with Crippen LogP contribution in [-0.4, -0.2) is 19.6 Å². The van der Waals surface area contributed by atoms with E-state index in [1.807, 2.05) is 14.0 Å². The first-order valence-electron chi connectivity index (χ1n) is 6.07. The Balaban J connectivity index is 0.00000220. The highest BCUT2D eigenvalue weighted by atomic mass is 35.5. The number of hydrogen-bond donors (Lipinski definition) is 1. The molecular formula is C12H17ClF3N5. The minimum atomic E-state index is -4.40. The summed E-state index contributed by atoms with van der Waals surface area (Å²) in [6.45, 7) is 2.48. The number of aryl methyl sites for hydroxylation is 2. The van der Waals surface area contributed by atoms with Crippen LogP contribution < -0.4 is 5.32 Å². The summed E-state index contributed by atoms with van der Waals surface area (Å²) in [5.41, 5.74) is 1.37. The first-order valence-corrected chi connectivity index (χ1v) is 6.07. The molecule has 0 aliphatic carbocycles. The number of hydrogen-bond acceptors (Lipinski definition) is 3. The summed E-state index contributed by atoms with van der Waals surface area (Å²) in [7, 11) is 3.11. The first-order chi connectivity index (χ1) is 9.30. The fourth-order valence-corrected chi connectivity index (χ4v) is 2.03. The van der Waals surface area contributed by atoms with Gasteiger partial charge in [0.15, 0.2) is 0 Å². The van der Waals surface area contributed by atoms with Gasteiger partial charge in [-0.3, -0.25) is 9.36 Å². The van der Waals surface area contributed by atoms with Crippen LogP contribution in [0.5, 0.6) is 0 Å². The van der Waals surface area contributed by atoms with Crippen molar-refractivity contribution in [3.8, 4) is 0 Å². The molecule has 2 aromatic rings. The van der Waals surface area contributed by atoms with Crippen molar-refractivity contribution in [2.24, 2.45) is 14.1 Å². The molecule has 0 saturated carbocycles. The molecule has 0 amide bonds. The van der Waals surface area contributed by atoms with Gasteiger partial charge in [0.1, 0.15) is 5.69 Å². The second-order valence-electron chi connectivity index (χ2n) is 4.62. The quantitative estimate of drug-likeness (QED) is 0.938. The van der Waals surface area contributed by atoms with Gasteiger partial charge in [0.25, 0.3) is 0 Å². The van der Waals surface area contributed by atoms with Crippen LogP contribution in [0.15, 0.2) is 12.4 Å². The van der Waals surface area contributed by atoms with Gasteiger partial charge in [-0.25, -0.2) is 0 Å². The van der Waals surface area contributed by atoms with E-state index in [9.17, 15) is 13.2 Å². The molecule has 9 heteroatoms. The Hall–Kier alpha value is -1.54. The Kier molecular flexibility index (Phi) is 5.41. The van der Waals surface area contributed by atoms with Gasteiger partial charge in [-0.2, -0.15) is 23.4 Å². The van der Waals surface area contributed by atoms with Crippen molar-refractivity contribution < 1.29 is 13.2 Å². The molecular weight excluding hydrogens is 307 g/mol. The molecule has 0 bridgehead atoms. The predicted octanol–water partition coefficient (Wildman–Crippen LogP) is 2.19. The minimum Gasteiger partial charge on any atom is -0.308 e.